The van der Waals surface area contributed by atoms with Gasteiger partial charge in [0, 0.05) is 15.6 Å². The normalized spacial score (nSPS) is 11.1. The molecule has 0 aliphatic rings. The van der Waals surface area contributed by atoms with E-state index in [0.717, 1.165) is 5.75 Å². The molecule has 102 valence electrons. The van der Waals surface area contributed by atoms with Crippen LogP contribution in [0.5, 0.6) is 5.75 Å². The summed E-state index contributed by atoms with van der Waals surface area (Å²) in [5.74, 6) is 0.891. The predicted molar refractivity (Wildman–Crippen MR) is 91.3 cm³/mol. The van der Waals surface area contributed by atoms with Gasteiger partial charge in [-0.05, 0) is 46.0 Å². The van der Waals surface area contributed by atoms with Gasteiger partial charge in [0.25, 0.3) is 0 Å². The smallest absolute Gasteiger partial charge is 0.118 e. The lowest BCUT2D eigenvalue weighted by atomic mass is 9.98. The number of methoxy groups -OCH3 is 1. The Bertz CT molecular complexity index is 919. The highest BCUT2D eigenvalue weighted by Gasteiger charge is 2.09. The third kappa shape index (κ3) is 1.99. The van der Waals surface area contributed by atoms with Gasteiger partial charge in [-0.2, -0.15) is 0 Å². The van der Waals surface area contributed by atoms with Gasteiger partial charge in [0.2, 0.25) is 0 Å². The molecule has 3 aromatic carbocycles. The number of benzene rings is 3. The Morgan fingerprint density at radius 1 is 0.857 bits per heavy atom. The van der Waals surface area contributed by atoms with Gasteiger partial charge in [0.15, 0.2) is 0 Å². The molecule has 0 atom stereocenters. The standard InChI is InChI=1S/C19H14OS/c1-20-15-8-6-13(7-9-15)18-12-14-4-2-3-5-16(14)17-10-11-21-19(17)18/h2-12H,1H3. The zero-order valence-electron chi connectivity index (χ0n) is 11.7. The summed E-state index contributed by atoms with van der Waals surface area (Å²) in [5.41, 5.74) is 2.52. The first kappa shape index (κ1) is 12.4. The fourth-order valence-corrected chi connectivity index (χ4v) is 3.75. The highest BCUT2D eigenvalue weighted by Crippen LogP contribution is 2.38. The van der Waals surface area contributed by atoms with Crippen LogP contribution >= 0.6 is 11.3 Å². The second kappa shape index (κ2) is 4.90. The van der Waals surface area contributed by atoms with E-state index >= 15 is 0 Å². The molecule has 0 saturated heterocycles. The van der Waals surface area contributed by atoms with Gasteiger partial charge >= 0.3 is 0 Å². The van der Waals surface area contributed by atoms with Gasteiger partial charge in [-0.1, -0.05) is 36.4 Å². The van der Waals surface area contributed by atoms with E-state index in [1.807, 2.05) is 12.1 Å². The first-order chi connectivity index (χ1) is 10.4. The Kier molecular flexibility index (Phi) is 2.90. The molecule has 0 spiro atoms. The van der Waals surface area contributed by atoms with E-state index in [0.29, 0.717) is 0 Å². The molecule has 0 fully saturated rings. The maximum absolute atomic E-state index is 5.25. The molecule has 4 rings (SSSR count). The highest BCUT2D eigenvalue weighted by molar-refractivity contribution is 7.18. The minimum Gasteiger partial charge on any atom is -0.497 e. The largest absolute Gasteiger partial charge is 0.497 e. The van der Waals surface area contributed by atoms with Crippen LogP contribution in [0.2, 0.25) is 0 Å². The predicted octanol–water partition coefficient (Wildman–Crippen LogP) is 5.73. The van der Waals surface area contributed by atoms with Crippen LogP contribution < -0.4 is 4.74 Å². The van der Waals surface area contributed by atoms with Crippen LogP contribution in [-0.2, 0) is 0 Å². The third-order valence-corrected chi connectivity index (χ3v) is 4.81. The molecule has 0 radical (unpaired) electrons. The molecule has 1 aromatic heterocycles. The van der Waals surface area contributed by atoms with Crippen LogP contribution in [0.3, 0.4) is 0 Å². The summed E-state index contributed by atoms with van der Waals surface area (Å²) < 4.78 is 6.60. The maximum atomic E-state index is 5.25. The van der Waals surface area contributed by atoms with Crippen LogP contribution in [0, 0.1) is 0 Å². The number of hydrogen-bond donors (Lipinski definition) is 0. The van der Waals surface area contributed by atoms with Gasteiger partial charge in [-0.25, -0.2) is 0 Å². The van der Waals surface area contributed by atoms with E-state index in [2.05, 4.69) is 53.9 Å². The zero-order valence-corrected chi connectivity index (χ0v) is 12.5. The SMILES string of the molecule is COc1ccc(-c2cc3ccccc3c3ccsc23)cc1. The minimum atomic E-state index is 0.891. The van der Waals surface area contributed by atoms with E-state index < -0.39 is 0 Å². The van der Waals surface area contributed by atoms with Gasteiger partial charge in [-0.15, -0.1) is 11.3 Å². The fraction of sp³-hybridized carbons (Fsp3) is 0.0526. The van der Waals surface area contributed by atoms with Crippen LogP contribution in [0.4, 0.5) is 0 Å². The summed E-state index contributed by atoms with van der Waals surface area (Å²) in [4.78, 5) is 0. The molecule has 0 amide bonds. The van der Waals surface area contributed by atoms with Crippen LogP contribution in [0.15, 0.2) is 66.0 Å². The fourth-order valence-electron chi connectivity index (χ4n) is 2.80. The zero-order chi connectivity index (χ0) is 14.2. The van der Waals surface area contributed by atoms with E-state index in [1.54, 1.807) is 18.4 Å². The third-order valence-electron chi connectivity index (χ3n) is 3.86. The molecule has 0 aliphatic carbocycles. The van der Waals surface area contributed by atoms with E-state index in [4.69, 9.17) is 4.74 Å². The molecule has 21 heavy (non-hydrogen) atoms. The van der Waals surface area contributed by atoms with Crippen molar-refractivity contribution >= 4 is 32.2 Å². The Labute approximate surface area is 127 Å². The summed E-state index contributed by atoms with van der Waals surface area (Å²) in [6.07, 6.45) is 0. The lowest BCUT2D eigenvalue weighted by Gasteiger charge is -2.08. The van der Waals surface area contributed by atoms with Gasteiger partial charge in [-0.3, -0.25) is 0 Å². The molecule has 1 nitrogen and oxygen atoms in total. The van der Waals surface area contributed by atoms with Gasteiger partial charge in [0.1, 0.15) is 5.75 Å². The molecule has 0 aliphatic heterocycles. The van der Waals surface area contributed by atoms with Crippen molar-refractivity contribution in [1.82, 2.24) is 0 Å². The first-order valence-electron chi connectivity index (χ1n) is 6.90. The number of rotatable bonds is 2. The van der Waals surface area contributed by atoms with E-state index in [9.17, 15) is 0 Å². The quantitative estimate of drug-likeness (QED) is 0.458. The Morgan fingerprint density at radius 3 is 2.48 bits per heavy atom. The first-order valence-corrected chi connectivity index (χ1v) is 7.78. The van der Waals surface area contributed by atoms with Crippen molar-refractivity contribution in [1.29, 1.82) is 0 Å². The van der Waals surface area contributed by atoms with Gasteiger partial charge < -0.3 is 4.74 Å². The number of hydrogen-bond acceptors (Lipinski definition) is 2. The molecule has 0 N–H and O–H groups in total. The Balaban J connectivity index is 2.03. The molecule has 1 heterocycles. The van der Waals surface area contributed by atoms with Crippen molar-refractivity contribution < 1.29 is 4.74 Å². The monoisotopic (exact) mass is 290 g/mol. The molecule has 4 aromatic rings. The average molecular weight is 290 g/mol. The van der Waals surface area contributed by atoms with Crippen LogP contribution in [0.25, 0.3) is 32.0 Å². The summed E-state index contributed by atoms with van der Waals surface area (Å²) >= 11 is 1.80. The summed E-state index contributed by atoms with van der Waals surface area (Å²) in [6.45, 7) is 0. The second-order valence-electron chi connectivity index (χ2n) is 5.04. The van der Waals surface area contributed by atoms with Crippen molar-refractivity contribution in [2.45, 2.75) is 0 Å². The molecule has 0 unspecified atom stereocenters. The molecular formula is C19H14OS. The lowest BCUT2D eigenvalue weighted by molar-refractivity contribution is 0.415. The number of fused-ring (bicyclic) bond motifs is 3. The molecule has 0 bridgehead atoms. The van der Waals surface area contributed by atoms with Crippen molar-refractivity contribution in [2.24, 2.45) is 0 Å². The van der Waals surface area contributed by atoms with Gasteiger partial charge in [0.05, 0.1) is 7.11 Å². The number of thiophene rings is 1. The Morgan fingerprint density at radius 2 is 1.67 bits per heavy atom. The van der Waals surface area contributed by atoms with Crippen molar-refractivity contribution in [3.63, 3.8) is 0 Å². The van der Waals surface area contributed by atoms with Crippen molar-refractivity contribution in [2.75, 3.05) is 7.11 Å². The minimum absolute atomic E-state index is 0.891. The van der Waals surface area contributed by atoms with Crippen LogP contribution in [0.1, 0.15) is 0 Å². The molecular weight excluding hydrogens is 276 g/mol. The Hall–Kier alpha value is -2.32. The molecule has 2 heteroatoms. The summed E-state index contributed by atoms with van der Waals surface area (Å²) in [7, 11) is 1.70. The van der Waals surface area contributed by atoms with Crippen molar-refractivity contribution in [3.05, 3.63) is 66.0 Å². The summed E-state index contributed by atoms with van der Waals surface area (Å²) in [5, 5.41) is 6.12. The summed E-state index contributed by atoms with van der Waals surface area (Å²) in [6, 6.07) is 21.4. The van der Waals surface area contributed by atoms with Crippen LogP contribution in [-0.4, -0.2) is 7.11 Å². The van der Waals surface area contributed by atoms with E-state index in [-0.39, 0.29) is 0 Å². The molecule has 0 saturated carbocycles. The average Bonchev–Trinajstić information content (AvgIpc) is 3.04. The maximum Gasteiger partial charge on any atom is 0.118 e. The van der Waals surface area contributed by atoms with E-state index in [1.165, 1.54) is 32.0 Å². The van der Waals surface area contributed by atoms with Crippen molar-refractivity contribution in [3.8, 4) is 16.9 Å². The topological polar surface area (TPSA) is 9.23 Å². The highest BCUT2D eigenvalue weighted by atomic mass is 32.1. The second-order valence-corrected chi connectivity index (χ2v) is 5.95. The number of ether oxygens (including phenoxy) is 1. The lowest BCUT2D eigenvalue weighted by Crippen LogP contribution is -1.84.